The molecular formula is C25H18ClF4NO3. The van der Waals surface area contributed by atoms with E-state index in [9.17, 15) is 22.4 Å². The zero-order chi connectivity index (χ0) is 24.5. The molecule has 1 heterocycles. The average Bonchev–Trinajstić information content (AvgIpc) is 3.07. The molecule has 0 bridgehead atoms. The van der Waals surface area contributed by atoms with Crippen molar-refractivity contribution in [2.24, 2.45) is 0 Å². The number of alkyl halides is 3. The smallest absolute Gasteiger partial charge is 0.416 e. The summed E-state index contributed by atoms with van der Waals surface area (Å²) in [5.74, 6) is -0.364. The van der Waals surface area contributed by atoms with E-state index in [1.165, 1.54) is 24.3 Å². The van der Waals surface area contributed by atoms with E-state index in [4.69, 9.17) is 21.1 Å². The largest absolute Gasteiger partial charge is 0.490 e. The van der Waals surface area contributed by atoms with E-state index in [1.807, 2.05) is 0 Å². The number of hydrogen-bond acceptors (Lipinski definition) is 3. The lowest BCUT2D eigenvalue weighted by Crippen LogP contribution is -2.06. The number of halogens is 5. The topological polar surface area (TPSA) is 47.6 Å². The second-order valence-electron chi connectivity index (χ2n) is 7.45. The molecule has 0 saturated carbocycles. The fourth-order valence-electron chi connectivity index (χ4n) is 3.54. The molecule has 3 aromatic rings. The molecule has 0 aromatic heterocycles. The quantitative estimate of drug-likeness (QED) is 0.299. The number of rotatable bonds is 6. The van der Waals surface area contributed by atoms with Gasteiger partial charge in [0, 0.05) is 16.8 Å². The molecule has 176 valence electrons. The molecule has 0 radical (unpaired) electrons. The molecule has 0 saturated heterocycles. The maximum absolute atomic E-state index is 13.4. The molecule has 1 N–H and O–H groups in total. The first-order valence-electron chi connectivity index (χ1n) is 10.2. The summed E-state index contributed by atoms with van der Waals surface area (Å²) in [5, 5.41) is 2.66. The van der Waals surface area contributed by atoms with Crippen molar-refractivity contribution in [1.82, 2.24) is 0 Å². The fraction of sp³-hybridized carbons (Fsp3) is 0.160. The Bertz CT molecular complexity index is 1290. The zero-order valence-corrected chi connectivity index (χ0v) is 18.6. The van der Waals surface area contributed by atoms with Crippen LogP contribution in [0.15, 0.2) is 54.6 Å². The van der Waals surface area contributed by atoms with Gasteiger partial charge in [0.1, 0.15) is 12.4 Å². The Morgan fingerprint density at radius 1 is 1.06 bits per heavy atom. The Morgan fingerprint density at radius 3 is 2.56 bits per heavy atom. The Hall–Kier alpha value is -3.52. The highest BCUT2D eigenvalue weighted by molar-refractivity contribution is 6.35. The van der Waals surface area contributed by atoms with Gasteiger partial charge in [0.2, 0.25) is 0 Å². The number of amides is 1. The molecule has 1 aliphatic rings. The molecule has 3 aromatic carbocycles. The van der Waals surface area contributed by atoms with Gasteiger partial charge >= 0.3 is 6.18 Å². The molecule has 0 atom stereocenters. The van der Waals surface area contributed by atoms with Crippen molar-refractivity contribution in [1.29, 1.82) is 0 Å². The molecule has 0 fully saturated rings. The fourth-order valence-corrected chi connectivity index (χ4v) is 3.81. The van der Waals surface area contributed by atoms with Gasteiger partial charge in [-0.1, -0.05) is 29.8 Å². The Balaban J connectivity index is 1.66. The second-order valence-corrected chi connectivity index (χ2v) is 7.86. The first-order chi connectivity index (χ1) is 16.2. The number of fused-ring (bicyclic) bond motifs is 1. The van der Waals surface area contributed by atoms with Crippen LogP contribution in [0.2, 0.25) is 5.02 Å². The summed E-state index contributed by atoms with van der Waals surface area (Å²) in [6, 6.07) is 12.2. The van der Waals surface area contributed by atoms with Crippen molar-refractivity contribution < 1.29 is 31.8 Å². The Morgan fingerprint density at radius 2 is 1.85 bits per heavy atom. The van der Waals surface area contributed by atoms with Crippen LogP contribution in [0.3, 0.4) is 0 Å². The number of anilines is 1. The molecule has 0 unspecified atom stereocenters. The first-order valence-corrected chi connectivity index (χ1v) is 10.6. The van der Waals surface area contributed by atoms with Crippen molar-refractivity contribution in [3.63, 3.8) is 0 Å². The monoisotopic (exact) mass is 491 g/mol. The lowest BCUT2D eigenvalue weighted by molar-refractivity contribution is -0.137. The van der Waals surface area contributed by atoms with Crippen LogP contribution in [0, 0.1) is 5.82 Å². The molecular weight excluding hydrogens is 474 g/mol. The minimum atomic E-state index is -4.52. The van der Waals surface area contributed by atoms with Crippen LogP contribution in [0.5, 0.6) is 11.5 Å². The molecule has 4 nitrogen and oxygen atoms in total. The predicted molar refractivity (Wildman–Crippen MR) is 121 cm³/mol. The van der Waals surface area contributed by atoms with E-state index in [0.29, 0.717) is 29.0 Å². The molecule has 1 amide bonds. The average molecular weight is 492 g/mol. The lowest BCUT2D eigenvalue weighted by atomic mass is 10.0. The summed E-state index contributed by atoms with van der Waals surface area (Å²) in [5.41, 5.74) is 0.854. The number of carbonyl (C=O) groups is 1. The summed E-state index contributed by atoms with van der Waals surface area (Å²) in [4.78, 5) is 12.5. The van der Waals surface area contributed by atoms with Crippen molar-refractivity contribution >= 4 is 34.8 Å². The van der Waals surface area contributed by atoms with Crippen LogP contribution in [-0.2, 0) is 17.6 Å². The summed E-state index contributed by atoms with van der Waals surface area (Å²) in [7, 11) is 0. The molecule has 9 heteroatoms. The van der Waals surface area contributed by atoms with Crippen LogP contribution in [-0.4, -0.2) is 12.5 Å². The number of nitrogens with one attached hydrogen (secondary N) is 1. The number of ether oxygens (including phenoxy) is 2. The van der Waals surface area contributed by atoms with Gasteiger partial charge in [-0.05, 0) is 60.5 Å². The van der Waals surface area contributed by atoms with Gasteiger partial charge in [-0.3, -0.25) is 4.79 Å². The minimum absolute atomic E-state index is 0.0509. The summed E-state index contributed by atoms with van der Waals surface area (Å²) in [6.45, 7) is 2.12. The van der Waals surface area contributed by atoms with E-state index < -0.39 is 23.5 Å². The van der Waals surface area contributed by atoms with Crippen molar-refractivity contribution in [3.05, 3.63) is 87.7 Å². The molecule has 0 aliphatic carbocycles. The maximum Gasteiger partial charge on any atom is 0.416 e. The van der Waals surface area contributed by atoms with E-state index in [1.54, 1.807) is 31.2 Å². The predicted octanol–water partition coefficient (Wildman–Crippen LogP) is 6.97. The first kappa shape index (κ1) is 23.6. The van der Waals surface area contributed by atoms with Gasteiger partial charge in [0.15, 0.2) is 11.5 Å². The third-order valence-electron chi connectivity index (χ3n) is 5.04. The third kappa shape index (κ3) is 5.02. The minimum Gasteiger partial charge on any atom is -0.490 e. The number of benzene rings is 3. The van der Waals surface area contributed by atoms with Crippen LogP contribution < -0.4 is 14.8 Å². The molecule has 1 aliphatic heterocycles. The number of carbonyl (C=O) groups excluding carboxylic acids is 1. The normalized spacial score (nSPS) is 14.2. The van der Waals surface area contributed by atoms with Crippen molar-refractivity contribution in [2.45, 2.75) is 19.7 Å². The summed E-state index contributed by atoms with van der Waals surface area (Å²) >= 11 is 6.43. The molecule has 4 rings (SSSR count). The third-order valence-corrected chi connectivity index (χ3v) is 5.33. The highest BCUT2D eigenvalue weighted by atomic mass is 35.5. The van der Waals surface area contributed by atoms with Crippen LogP contribution >= 0.6 is 11.6 Å². The Labute approximate surface area is 197 Å². The summed E-state index contributed by atoms with van der Waals surface area (Å²) < 4.78 is 63.9. The standard InChI is InChI=1S/C25H18ClF4NO3/c1-2-33-22-11-15(10-20(26)23(22)34-13-14-4-3-5-17(27)8-14)9-19-18-7-6-16(25(28,29)30)12-21(18)31-24(19)32/h3-12H,2,13H2,1H3,(H,31,32)/b19-9-. The number of hydrogen-bond donors (Lipinski definition) is 1. The maximum atomic E-state index is 13.4. The lowest BCUT2D eigenvalue weighted by Gasteiger charge is -2.15. The molecule has 34 heavy (non-hydrogen) atoms. The Kier molecular flexibility index (Phi) is 6.52. The van der Waals surface area contributed by atoms with Gasteiger partial charge in [0.25, 0.3) is 5.91 Å². The van der Waals surface area contributed by atoms with E-state index >= 15 is 0 Å². The zero-order valence-electron chi connectivity index (χ0n) is 17.8. The van der Waals surface area contributed by atoms with Gasteiger partial charge in [-0.2, -0.15) is 13.2 Å². The van der Waals surface area contributed by atoms with Crippen LogP contribution in [0.1, 0.15) is 29.2 Å². The van der Waals surface area contributed by atoms with Gasteiger partial charge in [-0.15, -0.1) is 0 Å². The SMILES string of the molecule is CCOc1cc(/C=C2\C(=O)Nc3cc(C(F)(F)F)ccc32)cc(Cl)c1OCc1cccc(F)c1. The van der Waals surface area contributed by atoms with Crippen molar-refractivity contribution in [3.8, 4) is 11.5 Å². The van der Waals surface area contributed by atoms with Gasteiger partial charge < -0.3 is 14.8 Å². The van der Waals surface area contributed by atoms with Crippen LogP contribution in [0.4, 0.5) is 23.2 Å². The molecule has 0 spiro atoms. The van der Waals surface area contributed by atoms with Crippen LogP contribution in [0.25, 0.3) is 11.6 Å². The van der Waals surface area contributed by atoms with E-state index in [2.05, 4.69) is 5.32 Å². The van der Waals surface area contributed by atoms with Crippen molar-refractivity contribution in [2.75, 3.05) is 11.9 Å². The van der Waals surface area contributed by atoms with E-state index in [0.717, 1.165) is 12.1 Å². The van der Waals surface area contributed by atoms with Gasteiger partial charge in [0.05, 0.1) is 17.2 Å². The second kappa shape index (κ2) is 9.38. The highest BCUT2D eigenvalue weighted by Crippen LogP contribution is 2.41. The van der Waals surface area contributed by atoms with Gasteiger partial charge in [-0.25, -0.2) is 4.39 Å². The highest BCUT2D eigenvalue weighted by Gasteiger charge is 2.33. The summed E-state index contributed by atoms with van der Waals surface area (Å²) in [6.07, 6.45) is -3.01. The van der Waals surface area contributed by atoms with E-state index in [-0.39, 0.29) is 28.6 Å².